The number of hydrogen-bond donors (Lipinski definition) is 1. The molecule has 9 heteroatoms. The molecule has 0 amide bonds. The van der Waals surface area contributed by atoms with Crippen molar-refractivity contribution in [3.05, 3.63) is 51.7 Å². The van der Waals surface area contributed by atoms with E-state index in [0.717, 1.165) is 24.5 Å². The molecule has 108 valence electrons. The van der Waals surface area contributed by atoms with E-state index in [-0.39, 0.29) is 11.3 Å². The number of nitro benzene ring substituents is 1. The van der Waals surface area contributed by atoms with Crippen LogP contribution in [0.25, 0.3) is 0 Å². The van der Waals surface area contributed by atoms with Gasteiger partial charge in [0.15, 0.2) is 0 Å². The van der Waals surface area contributed by atoms with Crippen molar-refractivity contribution in [2.24, 2.45) is 0 Å². The summed E-state index contributed by atoms with van der Waals surface area (Å²) in [4.78, 5) is 28.1. The second-order valence-electron chi connectivity index (χ2n) is 3.93. The van der Waals surface area contributed by atoms with E-state index in [4.69, 9.17) is 9.84 Å². The van der Waals surface area contributed by atoms with Gasteiger partial charge in [-0.15, -0.1) is 0 Å². The monoisotopic (exact) mass is 293 g/mol. The zero-order valence-electron chi connectivity index (χ0n) is 10.6. The van der Waals surface area contributed by atoms with Crippen molar-refractivity contribution in [3.63, 3.8) is 0 Å². The van der Waals surface area contributed by atoms with Crippen molar-refractivity contribution < 1.29 is 24.0 Å². The maximum absolute atomic E-state index is 13.7. The van der Waals surface area contributed by atoms with E-state index in [1.54, 1.807) is 0 Å². The summed E-state index contributed by atoms with van der Waals surface area (Å²) in [7, 11) is 0. The second-order valence-corrected chi connectivity index (χ2v) is 3.93. The molecular weight excluding hydrogens is 285 g/mol. The minimum atomic E-state index is -1.30. The number of aromatic carboxylic acids is 1. The lowest BCUT2D eigenvalue weighted by Gasteiger charge is -2.07. The number of aryl methyl sites for hydroxylation is 1. The van der Waals surface area contributed by atoms with Gasteiger partial charge in [-0.1, -0.05) is 0 Å². The Bertz CT molecular complexity index is 735. The predicted octanol–water partition coefficient (Wildman–Crippen LogP) is 2.32. The molecule has 21 heavy (non-hydrogen) atoms. The van der Waals surface area contributed by atoms with E-state index >= 15 is 0 Å². The van der Waals surface area contributed by atoms with Crippen LogP contribution >= 0.6 is 0 Å². The molecule has 0 fully saturated rings. The predicted molar refractivity (Wildman–Crippen MR) is 66.9 cm³/mol. The molecular formula is C12H8FN3O5. The number of halogens is 1. The average Bonchev–Trinajstić information content (AvgIpc) is 2.43. The molecule has 2 aromatic rings. The number of aromatic nitrogens is 2. The molecule has 1 aromatic carbocycles. The average molecular weight is 293 g/mol. The second kappa shape index (κ2) is 5.49. The van der Waals surface area contributed by atoms with Gasteiger partial charge in [0.25, 0.3) is 5.88 Å². The molecule has 0 radical (unpaired) electrons. The highest BCUT2D eigenvalue weighted by molar-refractivity contribution is 5.88. The lowest BCUT2D eigenvalue weighted by atomic mass is 10.2. The van der Waals surface area contributed by atoms with Gasteiger partial charge in [-0.2, -0.15) is 9.37 Å². The van der Waals surface area contributed by atoms with Gasteiger partial charge in [0.2, 0.25) is 11.6 Å². The van der Waals surface area contributed by atoms with Gasteiger partial charge >= 0.3 is 11.7 Å². The molecule has 1 aromatic heterocycles. The van der Waals surface area contributed by atoms with Crippen molar-refractivity contribution in [1.82, 2.24) is 9.97 Å². The number of rotatable bonds is 4. The molecule has 0 aliphatic rings. The summed E-state index contributed by atoms with van der Waals surface area (Å²) in [5.74, 6) is -3.12. The van der Waals surface area contributed by atoms with Crippen LogP contribution in [-0.2, 0) is 0 Å². The van der Waals surface area contributed by atoms with Gasteiger partial charge in [-0.05, 0) is 13.0 Å². The first-order valence-corrected chi connectivity index (χ1v) is 5.57. The standard InChI is InChI=1S/C12H8FN3O5/c1-6-10(13)11(15-5-14-6)21-9-4-7(12(17)18)2-3-8(9)16(19)20/h2-5H,1H3,(H,17,18). The molecule has 0 aliphatic carbocycles. The van der Waals surface area contributed by atoms with E-state index < -0.39 is 34.0 Å². The molecule has 0 unspecified atom stereocenters. The van der Waals surface area contributed by atoms with Crippen LogP contribution in [0, 0.1) is 22.9 Å². The number of carboxylic acids is 1. The zero-order chi connectivity index (χ0) is 15.6. The number of benzene rings is 1. The Morgan fingerprint density at radius 3 is 2.76 bits per heavy atom. The van der Waals surface area contributed by atoms with Gasteiger partial charge < -0.3 is 9.84 Å². The van der Waals surface area contributed by atoms with Crippen LogP contribution in [0.2, 0.25) is 0 Å². The minimum Gasteiger partial charge on any atom is -0.478 e. The SMILES string of the molecule is Cc1ncnc(Oc2cc(C(=O)O)ccc2[N+](=O)[O-])c1F. The van der Waals surface area contributed by atoms with Gasteiger partial charge in [0, 0.05) is 12.1 Å². The first-order chi connectivity index (χ1) is 9.90. The molecule has 0 spiro atoms. The van der Waals surface area contributed by atoms with E-state index in [1.807, 2.05) is 0 Å². The van der Waals surface area contributed by atoms with Crippen LogP contribution in [0.1, 0.15) is 16.1 Å². The highest BCUT2D eigenvalue weighted by Crippen LogP contribution is 2.32. The highest BCUT2D eigenvalue weighted by Gasteiger charge is 2.21. The summed E-state index contributed by atoms with van der Waals surface area (Å²) < 4.78 is 18.8. The fourth-order valence-corrected chi connectivity index (χ4v) is 1.49. The molecule has 1 N–H and O–H groups in total. The maximum atomic E-state index is 13.7. The van der Waals surface area contributed by atoms with Crippen LogP contribution in [0.4, 0.5) is 10.1 Å². The van der Waals surface area contributed by atoms with Crippen LogP contribution in [0.5, 0.6) is 11.6 Å². The first-order valence-electron chi connectivity index (χ1n) is 5.57. The molecule has 1 heterocycles. The summed E-state index contributed by atoms with van der Waals surface area (Å²) in [6.07, 6.45) is 1.03. The summed E-state index contributed by atoms with van der Waals surface area (Å²) in [5.41, 5.74) is -0.741. The molecule has 0 saturated carbocycles. The number of nitro groups is 1. The third kappa shape index (κ3) is 2.91. The Kier molecular flexibility index (Phi) is 3.74. The van der Waals surface area contributed by atoms with Crippen LogP contribution in [-0.4, -0.2) is 26.0 Å². The fraction of sp³-hybridized carbons (Fsp3) is 0.0833. The lowest BCUT2D eigenvalue weighted by Crippen LogP contribution is -2.02. The smallest absolute Gasteiger partial charge is 0.335 e. The molecule has 0 saturated heterocycles. The zero-order valence-corrected chi connectivity index (χ0v) is 10.6. The molecule has 0 bridgehead atoms. The Morgan fingerprint density at radius 2 is 2.14 bits per heavy atom. The lowest BCUT2D eigenvalue weighted by molar-refractivity contribution is -0.385. The van der Waals surface area contributed by atoms with Crippen molar-refractivity contribution in [3.8, 4) is 11.6 Å². The number of hydrogen-bond acceptors (Lipinski definition) is 6. The quantitative estimate of drug-likeness (QED) is 0.679. The molecule has 0 aliphatic heterocycles. The largest absolute Gasteiger partial charge is 0.478 e. The minimum absolute atomic E-state index is 0.00274. The Hall–Kier alpha value is -3.10. The molecule has 2 rings (SSSR count). The van der Waals surface area contributed by atoms with Crippen molar-refractivity contribution in [2.75, 3.05) is 0 Å². The Balaban J connectivity index is 2.51. The van der Waals surface area contributed by atoms with E-state index in [2.05, 4.69) is 9.97 Å². The number of ether oxygens (including phenoxy) is 1. The van der Waals surface area contributed by atoms with Crippen LogP contribution in [0.15, 0.2) is 24.5 Å². The van der Waals surface area contributed by atoms with E-state index in [9.17, 15) is 19.3 Å². The van der Waals surface area contributed by atoms with Gasteiger partial charge in [-0.25, -0.2) is 9.78 Å². The Morgan fingerprint density at radius 1 is 1.43 bits per heavy atom. The van der Waals surface area contributed by atoms with E-state index in [1.165, 1.54) is 6.92 Å². The summed E-state index contributed by atoms with van der Waals surface area (Å²) in [5, 5.41) is 19.8. The number of carbonyl (C=O) groups is 1. The summed E-state index contributed by atoms with van der Waals surface area (Å²) in [6.45, 7) is 1.37. The molecule has 0 atom stereocenters. The van der Waals surface area contributed by atoms with Gasteiger partial charge in [0.1, 0.15) is 6.33 Å². The van der Waals surface area contributed by atoms with Crippen molar-refractivity contribution in [1.29, 1.82) is 0 Å². The van der Waals surface area contributed by atoms with Gasteiger partial charge in [0.05, 0.1) is 16.2 Å². The Labute approximate surface area is 117 Å². The van der Waals surface area contributed by atoms with Crippen LogP contribution < -0.4 is 4.74 Å². The van der Waals surface area contributed by atoms with Crippen molar-refractivity contribution in [2.45, 2.75) is 6.92 Å². The highest BCUT2D eigenvalue weighted by atomic mass is 19.1. The van der Waals surface area contributed by atoms with E-state index in [0.29, 0.717) is 0 Å². The summed E-state index contributed by atoms with van der Waals surface area (Å²) >= 11 is 0. The van der Waals surface area contributed by atoms with Crippen molar-refractivity contribution >= 4 is 11.7 Å². The fourth-order valence-electron chi connectivity index (χ4n) is 1.49. The first kappa shape index (κ1) is 14.3. The number of carboxylic acid groups (broad SMARTS) is 1. The number of nitrogens with zero attached hydrogens (tertiary/aromatic N) is 3. The normalized spacial score (nSPS) is 10.2. The molecule has 8 nitrogen and oxygen atoms in total. The van der Waals surface area contributed by atoms with Gasteiger partial charge in [-0.3, -0.25) is 10.1 Å². The summed E-state index contributed by atoms with van der Waals surface area (Å²) in [6, 6.07) is 2.94. The third-order valence-electron chi connectivity index (χ3n) is 2.54. The van der Waals surface area contributed by atoms with Crippen LogP contribution in [0.3, 0.4) is 0 Å². The third-order valence-corrected chi connectivity index (χ3v) is 2.54. The maximum Gasteiger partial charge on any atom is 0.335 e. The topological polar surface area (TPSA) is 115 Å².